The molecule has 5 heteroatoms. The van der Waals surface area contributed by atoms with Gasteiger partial charge in [-0.2, -0.15) is 0 Å². The molecule has 0 saturated carbocycles. The van der Waals surface area contributed by atoms with Gasteiger partial charge in [0.2, 0.25) is 0 Å². The number of aldehydes is 1. The highest BCUT2D eigenvalue weighted by molar-refractivity contribution is 6.02. The van der Waals surface area contributed by atoms with Crippen molar-refractivity contribution in [2.45, 2.75) is 13.8 Å². The van der Waals surface area contributed by atoms with Gasteiger partial charge in [0.25, 0.3) is 5.91 Å². The van der Waals surface area contributed by atoms with E-state index in [4.69, 9.17) is 0 Å². The second-order valence-corrected chi connectivity index (χ2v) is 4.24. The van der Waals surface area contributed by atoms with Crippen LogP contribution in [0.3, 0.4) is 0 Å². The van der Waals surface area contributed by atoms with Crippen LogP contribution in [0.4, 0.5) is 0 Å². The van der Waals surface area contributed by atoms with Crippen LogP contribution in [0.5, 0.6) is 5.75 Å². The second-order valence-electron chi connectivity index (χ2n) is 4.24. The molecule has 0 aliphatic heterocycles. The maximum absolute atomic E-state index is 12.1. The molecule has 0 aliphatic rings. The molecular formula is C14H14N2O3. The van der Waals surface area contributed by atoms with Crippen molar-refractivity contribution in [2.75, 3.05) is 5.43 Å². The standard InChI is InChI=1S/C14H14N2O3/c1-9-7-11(8-17)10(2)16(9)15-14(19)12-5-3-4-6-13(12)18/h3-8,18H,1-2H3,(H,15,19). The SMILES string of the molecule is Cc1cc(C=O)c(C)n1NC(=O)c1ccccc1O. The van der Waals surface area contributed by atoms with Gasteiger partial charge >= 0.3 is 0 Å². The van der Waals surface area contributed by atoms with Crippen LogP contribution in [0.15, 0.2) is 30.3 Å². The number of aryl methyl sites for hydroxylation is 1. The molecule has 0 unspecified atom stereocenters. The lowest BCUT2D eigenvalue weighted by Crippen LogP contribution is -2.24. The Bertz CT molecular complexity index is 644. The zero-order valence-electron chi connectivity index (χ0n) is 10.7. The van der Waals surface area contributed by atoms with Crippen molar-refractivity contribution in [3.8, 4) is 5.75 Å². The Hall–Kier alpha value is -2.56. The van der Waals surface area contributed by atoms with Gasteiger partial charge in [-0.15, -0.1) is 0 Å². The Balaban J connectivity index is 2.32. The van der Waals surface area contributed by atoms with E-state index in [1.807, 2.05) is 0 Å². The number of carbonyl (C=O) groups is 2. The van der Waals surface area contributed by atoms with Crippen LogP contribution >= 0.6 is 0 Å². The lowest BCUT2D eigenvalue weighted by Gasteiger charge is -2.12. The molecule has 1 aromatic carbocycles. The first kappa shape index (κ1) is 12.9. The fourth-order valence-corrected chi connectivity index (χ4v) is 1.91. The van der Waals surface area contributed by atoms with Gasteiger partial charge in [-0.25, -0.2) is 0 Å². The van der Waals surface area contributed by atoms with E-state index in [-0.39, 0.29) is 11.3 Å². The molecule has 1 aromatic heterocycles. The third-order valence-electron chi connectivity index (χ3n) is 2.96. The smallest absolute Gasteiger partial charge is 0.273 e. The Morgan fingerprint density at radius 3 is 2.58 bits per heavy atom. The third kappa shape index (κ3) is 2.35. The fourth-order valence-electron chi connectivity index (χ4n) is 1.91. The largest absolute Gasteiger partial charge is 0.507 e. The monoisotopic (exact) mass is 258 g/mol. The number of rotatable bonds is 3. The van der Waals surface area contributed by atoms with Crippen LogP contribution < -0.4 is 5.43 Å². The van der Waals surface area contributed by atoms with Gasteiger partial charge in [-0.1, -0.05) is 12.1 Å². The van der Waals surface area contributed by atoms with Crippen molar-refractivity contribution in [3.63, 3.8) is 0 Å². The highest BCUT2D eigenvalue weighted by atomic mass is 16.3. The number of benzene rings is 1. The number of aromatic hydroxyl groups is 1. The molecular weight excluding hydrogens is 244 g/mol. The summed E-state index contributed by atoms with van der Waals surface area (Å²) in [6, 6.07) is 7.97. The average Bonchev–Trinajstić information content (AvgIpc) is 2.66. The summed E-state index contributed by atoms with van der Waals surface area (Å²) in [4.78, 5) is 22.9. The minimum Gasteiger partial charge on any atom is -0.507 e. The molecule has 5 nitrogen and oxygen atoms in total. The fraction of sp³-hybridized carbons (Fsp3) is 0.143. The molecule has 19 heavy (non-hydrogen) atoms. The maximum Gasteiger partial charge on any atom is 0.273 e. The lowest BCUT2D eigenvalue weighted by atomic mass is 10.2. The van der Waals surface area contributed by atoms with Crippen molar-refractivity contribution < 1.29 is 14.7 Å². The van der Waals surface area contributed by atoms with Gasteiger partial charge in [0.05, 0.1) is 5.56 Å². The number of phenols is 1. The Kier molecular flexibility index (Phi) is 3.37. The number of nitrogens with one attached hydrogen (secondary N) is 1. The summed E-state index contributed by atoms with van der Waals surface area (Å²) in [5.41, 5.74) is 4.74. The van der Waals surface area contributed by atoms with Gasteiger partial charge < -0.3 is 5.11 Å². The number of carbonyl (C=O) groups excluding carboxylic acids is 2. The van der Waals surface area contributed by atoms with Gasteiger partial charge in [-0.05, 0) is 32.0 Å². The topological polar surface area (TPSA) is 71.3 Å². The van der Waals surface area contributed by atoms with Crippen LogP contribution in [0, 0.1) is 13.8 Å². The molecule has 1 heterocycles. The molecule has 98 valence electrons. The highest BCUT2D eigenvalue weighted by Crippen LogP contribution is 2.17. The van der Waals surface area contributed by atoms with Crippen molar-refractivity contribution in [1.29, 1.82) is 0 Å². The summed E-state index contributed by atoms with van der Waals surface area (Å²) in [5, 5.41) is 9.62. The molecule has 0 fully saturated rings. The van der Waals surface area contributed by atoms with Crippen LogP contribution in [0.2, 0.25) is 0 Å². The summed E-state index contributed by atoms with van der Waals surface area (Å²) in [5.74, 6) is -0.518. The lowest BCUT2D eigenvalue weighted by molar-refractivity contribution is 0.100. The molecule has 0 atom stereocenters. The number of aromatic nitrogens is 1. The molecule has 0 radical (unpaired) electrons. The molecule has 0 bridgehead atoms. The number of hydrogen-bond acceptors (Lipinski definition) is 3. The van der Waals surface area contributed by atoms with Crippen LogP contribution in [0.25, 0.3) is 0 Å². The van der Waals surface area contributed by atoms with E-state index in [1.54, 1.807) is 32.0 Å². The van der Waals surface area contributed by atoms with Crippen LogP contribution in [-0.2, 0) is 0 Å². The molecule has 0 spiro atoms. The molecule has 0 saturated heterocycles. The van der Waals surface area contributed by atoms with E-state index in [1.165, 1.54) is 16.8 Å². The number of nitrogens with zero attached hydrogens (tertiary/aromatic N) is 1. The zero-order chi connectivity index (χ0) is 14.0. The summed E-state index contributed by atoms with van der Waals surface area (Å²) in [6.07, 6.45) is 0.741. The summed E-state index contributed by atoms with van der Waals surface area (Å²) in [7, 11) is 0. The first-order valence-electron chi connectivity index (χ1n) is 5.78. The predicted molar refractivity (Wildman–Crippen MR) is 71.1 cm³/mol. The van der Waals surface area contributed by atoms with E-state index in [0.717, 1.165) is 12.0 Å². The van der Waals surface area contributed by atoms with Gasteiger partial charge in [-0.3, -0.25) is 19.7 Å². The van der Waals surface area contributed by atoms with Crippen LogP contribution in [0.1, 0.15) is 32.1 Å². The van der Waals surface area contributed by atoms with E-state index < -0.39 is 5.91 Å². The Morgan fingerprint density at radius 2 is 2.00 bits per heavy atom. The summed E-state index contributed by atoms with van der Waals surface area (Å²) >= 11 is 0. The third-order valence-corrected chi connectivity index (χ3v) is 2.96. The molecule has 0 aliphatic carbocycles. The summed E-state index contributed by atoms with van der Waals surface area (Å²) < 4.78 is 1.53. The van der Waals surface area contributed by atoms with Crippen LogP contribution in [-0.4, -0.2) is 22.0 Å². The first-order chi connectivity index (χ1) is 9.04. The second kappa shape index (κ2) is 4.97. The van der Waals surface area contributed by atoms with Gasteiger partial charge in [0, 0.05) is 17.0 Å². The maximum atomic E-state index is 12.1. The first-order valence-corrected chi connectivity index (χ1v) is 5.78. The number of phenolic OH excluding ortho intramolecular Hbond substituents is 1. The van der Waals surface area contributed by atoms with Crippen molar-refractivity contribution in [1.82, 2.24) is 4.68 Å². The minimum atomic E-state index is -0.433. The average molecular weight is 258 g/mol. The highest BCUT2D eigenvalue weighted by Gasteiger charge is 2.14. The molecule has 1 amide bonds. The Morgan fingerprint density at radius 1 is 1.32 bits per heavy atom. The number of amides is 1. The quantitative estimate of drug-likeness (QED) is 0.827. The van der Waals surface area contributed by atoms with Gasteiger partial charge in [0.1, 0.15) is 5.75 Å². The van der Waals surface area contributed by atoms with E-state index in [2.05, 4.69) is 5.43 Å². The van der Waals surface area contributed by atoms with Crippen molar-refractivity contribution in [2.24, 2.45) is 0 Å². The van der Waals surface area contributed by atoms with E-state index in [0.29, 0.717) is 11.3 Å². The number of para-hydroxylation sites is 1. The van der Waals surface area contributed by atoms with E-state index >= 15 is 0 Å². The summed E-state index contributed by atoms with van der Waals surface area (Å²) in [6.45, 7) is 3.52. The molecule has 2 N–H and O–H groups in total. The zero-order valence-corrected chi connectivity index (χ0v) is 10.7. The predicted octanol–water partition coefficient (Wildman–Crippen LogP) is 2.01. The normalized spacial score (nSPS) is 10.2. The van der Waals surface area contributed by atoms with Gasteiger partial charge in [0.15, 0.2) is 6.29 Å². The minimum absolute atomic E-state index is 0.0851. The molecule has 2 aromatic rings. The van der Waals surface area contributed by atoms with E-state index in [9.17, 15) is 14.7 Å². The van der Waals surface area contributed by atoms with Crippen molar-refractivity contribution in [3.05, 3.63) is 52.8 Å². The van der Waals surface area contributed by atoms with Crippen molar-refractivity contribution >= 4 is 12.2 Å². The number of hydrogen-bond donors (Lipinski definition) is 2. The Labute approximate surface area is 110 Å². The molecule has 2 rings (SSSR count).